The summed E-state index contributed by atoms with van der Waals surface area (Å²) in [5.74, 6) is 0.0418. The van der Waals surface area contributed by atoms with E-state index in [0.29, 0.717) is 11.2 Å². The summed E-state index contributed by atoms with van der Waals surface area (Å²) < 4.78 is 10.5. The molecule has 1 amide bonds. The summed E-state index contributed by atoms with van der Waals surface area (Å²) in [7, 11) is -1.07. The fraction of sp³-hybridized carbons (Fsp3) is 0.273. The van der Waals surface area contributed by atoms with Crippen LogP contribution in [0.3, 0.4) is 0 Å². The third-order valence-electron chi connectivity index (χ3n) is 2.62. The van der Waals surface area contributed by atoms with Crippen LogP contribution in [0.25, 0.3) is 0 Å². The van der Waals surface area contributed by atoms with Crippen LogP contribution in [0, 0.1) is 0 Å². The number of nitrogens with zero attached hydrogens (tertiary/aromatic N) is 1. The molecule has 1 aliphatic rings. The molecule has 0 fully saturated rings. The van der Waals surface area contributed by atoms with E-state index in [1.54, 1.807) is 12.1 Å². The average molecular weight is 248 g/mol. The van der Waals surface area contributed by atoms with Crippen LogP contribution < -0.4 is 15.9 Å². The number of fused-ring (bicyclic) bond motifs is 1. The summed E-state index contributed by atoms with van der Waals surface area (Å²) in [6.45, 7) is 1.59. The molecule has 0 bridgehead atoms. The largest absolute Gasteiger partial charge is 0.495 e. The lowest BCUT2D eigenvalue weighted by Crippen LogP contribution is -2.29. The van der Waals surface area contributed by atoms with Crippen molar-refractivity contribution in [1.29, 1.82) is 0 Å². The number of hydrogen-bond donors (Lipinski definition) is 2. The molecule has 3 N–H and O–H groups in total. The highest BCUT2D eigenvalue weighted by atomic mass is 16.5. The second kappa shape index (κ2) is 5.30. The van der Waals surface area contributed by atoms with Crippen molar-refractivity contribution >= 4 is 24.9 Å². The van der Waals surface area contributed by atoms with Gasteiger partial charge in [0.05, 0.1) is 6.10 Å². The van der Waals surface area contributed by atoms with Crippen molar-refractivity contribution in [1.82, 2.24) is 0 Å². The number of rotatable bonds is 3. The first-order valence-electron chi connectivity index (χ1n) is 5.49. The number of amides is 1. The number of hydrogen-bond acceptors (Lipinski definition) is 5. The van der Waals surface area contributed by atoms with Gasteiger partial charge in [0, 0.05) is 18.9 Å². The lowest BCUT2D eigenvalue weighted by Gasteiger charge is -2.08. The first-order chi connectivity index (χ1) is 8.63. The molecule has 0 saturated heterocycles. The summed E-state index contributed by atoms with van der Waals surface area (Å²) >= 11 is 0. The van der Waals surface area contributed by atoms with Gasteiger partial charge in [-0.3, -0.25) is 4.79 Å². The van der Waals surface area contributed by atoms with E-state index in [1.165, 1.54) is 6.92 Å². The molecule has 94 valence electrons. The molecule has 0 saturated carbocycles. The molecule has 18 heavy (non-hydrogen) atoms. The zero-order valence-electron chi connectivity index (χ0n) is 9.87. The van der Waals surface area contributed by atoms with Gasteiger partial charge in [-0.2, -0.15) is 4.99 Å². The zero-order chi connectivity index (χ0) is 13.1. The van der Waals surface area contributed by atoms with E-state index in [-0.39, 0.29) is 18.6 Å². The van der Waals surface area contributed by atoms with E-state index in [4.69, 9.17) is 15.1 Å². The monoisotopic (exact) mass is 248 g/mol. The van der Waals surface area contributed by atoms with Crippen molar-refractivity contribution in [3.8, 4) is 5.75 Å². The van der Waals surface area contributed by atoms with Crippen molar-refractivity contribution in [3.63, 3.8) is 0 Å². The Morgan fingerprint density at radius 2 is 2.50 bits per heavy atom. The van der Waals surface area contributed by atoms with Gasteiger partial charge in [-0.25, -0.2) is 0 Å². The molecular formula is C11H13BN2O4. The minimum Gasteiger partial charge on any atom is -0.446 e. The summed E-state index contributed by atoms with van der Waals surface area (Å²) in [6, 6.07) is 5.24. The van der Waals surface area contributed by atoms with E-state index in [1.807, 2.05) is 6.07 Å². The van der Waals surface area contributed by atoms with Gasteiger partial charge >= 0.3 is 7.12 Å². The summed E-state index contributed by atoms with van der Waals surface area (Å²) in [5, 5.41) is 9.80. The van der Waals surface area contributed by atoms with Crippen LogP contribution in [-0.4, -0.2) is 31.0 Å². The van der Waals surface area contributed by atoms with Gasteiger partial charge in [-0.15, -0.1) is 0 Å². The average Bonchev–Trinajstić information content (AvgIpc) is 2.67. The lowest BCUT2D eigenvalue weighted by atomic mass is 9.78. The Kier molecular flexibility index (Phi) is 3.76. The minimum atomic E-state index is -1.07. The first-order valence-corrected chi connectivity index (χ1v) is 5.49. The maximum Gasteiger partial charge on any atom is 0.495 e. The molecule has 2 rings (SSSR count). The number of nitrogens with two attached hydrogens (primary N) is 1. The normalized spacial score (nSPS) is 18.2. The lowest BCUT2D eigenvalue weighted by molar-refractivity contribution is -0.115. The second-order valence-corrected chi connectivity index (χ2v) is 3.84. The Hall–Kier alpha value is -1.70. The van der Waals surface area contributed by atoms with Gasteiger partial charge < -0.3 is 20.1 Å². The molecule has 0 radical (unpaired) electrons. The summed E-state index contributed by atoms with van der Waals surface area (Å²) in [5.41, 5.74) is 6.87. The molecule has 7 heteroatoms. The fourth-order valence-corrected chi connectivity index (χ4v) is 1.85. The number of ether oxygens (including phenoxy) is 1. The van der Waals surface area contributed by atoms with Gasteiger partial charge in [-0.05, 0) is 11.6 Å². The SMILES string of the molecule is CC(=O)N=COc1cccc2c1B(O)OC2CN. The van der Waals surface area contributed by atoms with Crippen LogP contribution in [-0.2, 0) is 9.45 Å². The van der Waals surface area contributed by atoms with Gasteiger partial charge in [-0.1, -0.05) is 12.1 Å². The highest BCUT2D eigenvalue weighted by Crippen LogP contribution is 2.26. The molecule has 6 nitrogen and oxygen atoms in total. The molecule has 0 aromatic heterocycles. The Morgan fingerprint density at radius 3 is 3.17 bits per heavy atom. The van der Waals surface area contributed by atoms with Crippen molar-refractivity contribution in [3.05, 3.63) is 23.8 Å². The molecule has 1 atom stereocenters. The molecule has 0 aliphatic carbocycles. The first kappa shape index (κ1) is 12.8. The smallest absolute Gasteiger partial charge is 0.446 e. The van der Waals surface area contributed by atoms with Crippen LogP contribution in [0.1, 0.15) is 18.6 Å². The van der Waals surface area contributed by atoms with Crippen LogP contribution in [0.5, 0.6) is 5.75 Å². The number of carbonyl (C=O) groups is 1. The molecule has 1 aromatic carbocycles. The van der Waals surface area contributed by atoms with Gasteiger partial charge in [0.2, 0.25) is 5.91 Å². The molecular weight excluding hydrogens is 235 g/mol. The molecule has 0 spiro atoms. The molecule has 1 unspecified atom stereocenters. The Morgan fingerprint density at radius 1 is 1.72 bits per heavy atom. The van der Waals surface area contributed by atoms with Crippen LogP contribution in [0.4, 0.5) is 0 Å². The van der Waals surface area contributed by atoms with E-state index in [9.17, 15) is 9.82 Å². The van der Waals surface area contributed by atoms with Crippen molar-refractivity contribution in [2.45, 2.75) is 13.0 Å². The standard InChI is InChI=1S/C11H13BN2O4/c1-7(15)14-6-17-9-4-2-3-8-10(5-13)18-12(16)11(8)9/h2-4,6,10,16H,5,13H2,1H3. The summed E-state index contributed by atoms with van der Waals surface area (Å²) in [4.78, 5) is 14.1. The fourth-order valence-electron chi connectivity index (χ4n) is 1.85. The Balaban J connectivity index is 2.28. The predicted octanol–water partition coefficient (Wildman–Crippen LogP) is -0.642. The van der Waals surface area contributed by atoms with E-state index >= 15 is 0 Å². The molecule has 1 aliphatic heterocycles. The van der Waals surface area contributed by atoms with E-state index in [0.717, 1.165) is 12.0 Å². The number of aliphatic imine (C=N–C) groups is 1. The highest BCUT2D eigenvalue weighted by molar-refractivity contribution is 6.63. The third kappa shape index (κ3) is 2.43. The topological polar surface area (TPSA) is 94.1 Å². The minimum absolute atomic E-state index is 0.273. The number of benzene rings is 1. The van der Waals surface area contributed by atoms with Gasteiger partial charge in [0.15, 0.2) is 6.40 Å². The van der Waals surface area contributed by atoms with Crippen LogP contribution >= 0.6 is 0 Å². The predicted molar refractivity (Wildman–Crippen MR) is 66.7 cm³/mol. The molecule has 1 aromatic rings. The summed E-state index contributed by atoms with van der Waals surface area (Å²) in [6.07, 6.45) is 0.698. The quantitative estimate of drug-likeness (QED) is 0.421. The highest BCUT2D eigenvalue weighted by Gasteiger charge is 2.37. The second-order valence-electron chi connectivity index (χ2n) is 3.84. The Labute approximate surface area is 105 Å². The third-order valence-corrected chi connectivity index (χ3v) is 2.62. The number of carbonyl (C=O) groups excluding carboxylic acids is 1. The van der Waals surface area contributed by atoms with Crippen LogP contribution in [0.2, 0.25) is 0 Å². The van der Waals surface area contributed by atoms with Crippen molar-refractivity contribution in [2.24, 2.45) is 10.7 Å². The van der Waals surface area contributed by atoms with Crippen molar-refractivity contribution in [2.75, 3.05) is 6.54 Å². The zero-order valence-corrected chi connectivity index (χ0v) is 9.87. The Bertz CT molecular complexity index is 492. The van der Waals surface area contributed by atoms with E-state index < -0.39 is 7.12 Å². The van der Waals surface area contributed by atoms with E-state index in [2.05, 4.69) is 4.99 Å². The maximum absolute atomic E-state index is 10.7. The van der Waals surface area contributed by atoms with Crippen molar-refractivity contribution < 1.29 is 19.2 Å². The van der Waals surface area contributed by atoms with Gasteiger partial charge in [0.25, 0.3) is 0 Å². The molecule has 1 heterocycles. The maximum atomic E-state index is 10.7. The van der Waals surface area contributed by atoms with Gasteiger partial charge in [0.1, 0.15) is 5.75 Å². The van der Waals surface area contributed by atoms with Crippen LogP contribution in [0.15, 0.2) is 23.2 Å².